The van der Waals surface area contributed by atoms with Gasteiger partial charge in [-0.25, -0.2) is 0 Å². The lowest BCUT2D eigenvalue weighted by molar-refractivity contribution is -0.167. The van der Waals surface area contributed by atoms with E-state index >= 15 is 0 Å². The zero-order valence-corrected chi connectivity index (χ0v) is 53.0. The number of unbranched alkanes of at least 4 members (excludes halogenated alkanes) is 51. The van der Waals surface area contributed by atoms with E-state index in [-0.39, 0.29) is 31.1 Å². The van der Waals surface area contributed by atoms with Gasteiger partial charge in [0.15, 0.2) is 6.10 Å². The van der Waals surface area contributed by atoms with Gasteiger partial charge in [-0.1, -0.05) is 360 Å². The Labute approximate surface area is 487 Å². The number of allylic oxidation sites excluding steroid dienone is 4. The summed E-state index contributed by atoms with van der Waals surface area (Å²) in [5, 5.41) is 0. The van der Waals surface area contributed by atoms with Gasteiger partial charge in [-0.3, -0.25) is 14.4 Å². The van der Waals surface area contributed by atoms with Crippen molar-refractivity contribution in [2.24, 2.45) is 0 Å². The highest BCUT2D eigenvalue weighted by Gasteiger charge is 2.19. The van der Waals surface area contributed by atoms with Gasteiger partial charge >= 0.3 is 17.9 Å². The van der Waals surface area contributed by atoms with Crippen LogP contribution < -0.4 is 0 Å². The number of rotatable bonds is 66. The molecule has 460 valence electrons. The molecule has 0 fully saturated rings. The van der Waals surface area contributed by atoms with Gasteiger partial charge in [0.05, 0.1) is 0 Å². The van der Waals surface area contributed by atoms with E-state index in [9.17, 15) is 14.4 Å². The predicted octanol–water partition coefficient (Wildman–Crippen LogP) is 24.2. The van der Waals surface area contributed by atoms with Crippen molar-refractivity contribution in [3.8, 4) is 0 Å². The van der Waals surface area contributed by atoms with Crippen LogP contribution in [0.3, 0.4) is 0 Å². The molecule has 0 aliphatic heterocycles. The molecule has 6 heteroatoms. The molecule has 1 atom stereocenters. The molecule has 1 unspecified atom stereocenters. The van der Waals surface area contributed by atoms with E-state index in [1.807, 2.05) is 0 Å². The summed E-state index contributed by atoms with van der Waals surface area (Å²) in [6.45, 7) is 6.63. The van der Waals surface area contributed by atoms with Gasteiger partial charge in [0.1, 0.15) is 13.2 Å². The maximum absolute atomic E-state index is 12.9. The molecule has 0 saturated carbocycles. The third-order valence-corrected chi connectivity index (χ3v) is 16.2. The second-order valence-corrected chi connectivity index (χ2v) is 24.2. The number of hydrogen-bond acceptors (Lipinski definition) is 6. The first kappa shape index (κ1) is 75.9. The molecule has 0 radical (unpaired) electrons. The van der Waals surface area contributed by atoms with Crippen LogP contribution in [0.25, 0.3) is 0 Å². The maximum Gasteiger partial charge on any atom is 0.306 e. The second-order valence-electron chi connectivity index (χ2n) is 24.2. The summed E-state index contributed by atoms with van der Waals surface area (Å²) in [7, 11) is 0. The van der Waals surface area contributed by atoms with Gasteiger partial charge in [-0.15, -0.1) is 0 Å². The molecule has 0 N–H and O–H groups in total. The number of carbonyl (C=O) groups is 3. The van der Waals surface area contributed by atoms with Gasteiger partial charge in [0.25, 0.3) is 0 Å². The summed E-state index contributed by atoms with van der Waals surface area (Å²) in [6.07, 6.45) is 82.4. The fourth-order valence-corrected chi connectivity index (χ4v) is 10.9. The van der Waals surface area contributed by atoms with Crippen LogP contribution in [0.15, 0.2) is 24.3 Å². The van der Waals surface area contributed by atoms with Gasteiger partial charge in [-0.05, 0) is 44.9 Å². The molecule has 0 aliphatic carbocycles. The molecule has 0 heterocycles. The monoisotopic (exact) mass is 1100 g/mol. The van der Waals surface area contributed by atoms with Gasteiger partial charge in [-0.2, -0.15) is 0 Å². The number of ether oxygens (including phenoxy) is 3. The Kier molecular flexibility index (Phi) is 65.6. The van der Waals surface area contributed by atoms with Crippen molar-refractivity contribution >= 4 is 17.9 Å². The second kappa shape index (κ2) is 67.4. The summed E-state index contributed by atoms with van der Waals surface area (Å²) in [6, 6.07) is 0. The van der Waals surface area contributed by atoms with Crippen molar-refractivity contribution in [3.05, 3.63) is 24.3 Å². The van der Waals surface area contributed by atoms with Crippen molar-refractivity contribution in [1.82, 2.24) is 0 Å². The molecule has 0 aromatic carbocycles. The molecule has 0 aromatic heterocycles. The van der Waals surface area contributed by atoms with E-state index in [0.717, 1.165) is 89.9 Å². The lowest BCUT2D eigenvalue weighted by Crippen LogP contribution is -2.30. The maximum atomic E-state index is 12.9. The van der Waals surface area contributed by atoms with Crippen molar-refractivity contribution < 1.29 is 28.6 Å². The topological polar surface area (TPSA) is 78.9 Å². The quantitative estimate of drug-likeness (QED) is 0.0261. The fourth-order valence-electron chi connectivity index (χ4n) is 10.9. The summed E-state index contributed by atoms with van der Waals surface area (Å²) >= 11 is 0. The average Bonchev–Trinajstić information content (AvgIpc) is 3.44. The zero-order valence-electron chi connectivity index (χ0n) is 53.0. The lowest BCUT2D eigenvalue weighted by Gasteiger charge is -2.18. The molecule has 6 nitrogen and oxygen atoms in total. The van der Waals surface area contributed by atoms with E-state index < -0.39 is 6.10 Å². The fraction of sp³-hybridized carbons (Fsp3) is 0.903. The molecular formula is C72H136O6. The first-order chi connectivity index (χ1) is 38.5. The minimum Gasteiger partial charge on any atom is -0.462 e. The normalized spacial score (nSPS) is 12.1. The summed E-state index contributed by atoms with van der Waals surface area (Å²) in [5.41, 5.74) is 0. The summed E-state index contributed by atoms with van der Waals surface area (Å²) < 4.78 is 16.9. The number of carbonyl (C=O) groups excluding carboxylic acids is 3. The Hall–Kier alpha value is -2.11. The highest BCUT2D eigenvalue weighted by molar-refractivity contribution is 5.71. The van der Waals surface area contributed by atoms with Crippen LogP contribution >= 0.6 is 0 Å². The van der Waals surface area contributed by atoms with E-state index in [4.69, 9.17) is 14.2 Å². The molecule has 0 spiro atoms. The Morgan fingerprint density at radius 3 is 0.756 bits per heavy atom. The Morgan fingerprint density at radius 2 is 0.487 bits per heavy atom. The first-order valence-electron chi connectivity index (χ1n) is 35.3. The van der Waals surface area contributed by atoms with E-state index in [0.29, 0.717) is 19.3 Å². The highest BCUT2D eigenvalue weighted by Crippen LogP contribution is 2.19. The molecule has 78 heavy (non-hydrogen) atoms. The van der Waals surface area contributed by atoms with Crippen LogP contribution in [0.2, 0.25) is 0 Å². The zero-order chi connectivity index (χ0) is 56.4. The minimum absolute atomic E-state index is 0.0714. The minimum atomic E-state index is -0.774. The highest BCUT2D eigenvalue weighted by atomic mass is 16.6. The van der Waals surface area contributed by atoms with Gasteiger partial charge in [0.2, 0.25) is 0 Å². The van der Waals surface area contributed by atoms with Crippen molar-refractivity contribution in [2.75, 3.05) is 13.2 Å². The van der Waals surface area contributed by atoms with Crippen LogP contribution in [0.4, 0.5) is 0 Å². The van der Waals surface area contributed by atoms with Crippen LogP contribution in [0.5, 0.6) is 0 Å². The van der Waals surface area contributed by atoms with Crippen LogP contribution in [0.1, 0.15) is 400 Å². The molecule has 0 amide bonds. The number of esters is 3. The average molecular weight is 1100 g/mol. The van der Waals surface area contributed by atoms with Crippen LogP contribution in [-0.4, -0.2) is 37.2 Å². The molecule has 0 rings (SSSR count). The molecular weight excluding hydrogens is 961 g/mol. The smallest absolute Gasteiger partial charge is 0.306 e. The lowest BCUT2D eigenvalue weighted by atomic mass is 10.0. The Bertz CT molecular complexity index is 1260. The third kappa shape index (κ3) is 64.7. The molecule has 0 bridgehead atoms. The van der Waals surface area contributed by atoms with E-state index in [1.165, 1.54) is 270 Å². The molecule has 0 aliphatic rings. The third-order valence-electron chi connectivity index (χ3n) is 16.2. The predicted molar refractivity (Wildman–Crippen MR) is 340 cm³/mol. The molecule has 0 aromatic rings. The Balaban J connectivity index is 3.97. The van der Waals surface area contributed by atoms with E-state index in [2.05, 4.69) is 45.1 Å². The summed E-state index contributed by atoms with van der Waals surface area (Å²) in [4.78, 5) is 38.2. The van der Waals surface area contributed by atoms with Crippen molar-refractivity contribution in [2.45, 2.75) is 406 Å². The standard InChI is InChI=1S/C72H136O6/c1-4-7-10-13-16-19-22-25-26-27-28-29-30-31-32-33-34-35-36-37-38-39-40-41-42-43-44-45-46-48-50-53-56-59-62-65-71(74)77-68-69(67-76-70(73)64-61-58-55-52-49-24-21-18-15-12-9-6-3)78-72(75)66-63-60-57-54-51-47-23-20-17-14-11-8-5-2/h11,14,20,23,69H,4-10,12-13,15-19,21-22,24-68H2,1-3H3/b14-11-,23-20-. The van der Waals surface area contributed by atoms with Crippen molar-refractivity contribution in [3.63, 3.8) is 0 Å². The van der Waals surface area contributed by atoms with Crippen molar-refractivity contribution in [1.29, 1.82) is 0 Å². The van der Waals surface area contributed by atoms with Gasteiger partial charge < -0.3 is 14.2 Å². The number of hydrogen-bond donors (Lipinski definition) is 0. The van der Waals surface area contributed by atoms with Crippen LogP contribution in [-0.2, 0) is 28.6 Å². The first-order valence-corrected chi connectivity index (χ1v) is 35.3. The van der Waals surface area contributed by atoms with Crippen LogP contribution in [0, 0.1) is 0 Å². The van der Waals surface area contributed by atoms with Gasteiger partial charge in [0, 0.05) is 19.3 Å². The summed E-state index contributed by atoms with van der Waals surface area (Å²) in [5.74, 6) is -0.861. The SMILES string of the molecule is CCC/C=C\C/C=C\CCCCCCCC(=O)OC(COC(=O)CCCCCCCCCCCCCC)COC(=O)CCCCCCCCCCCCCCCCCCCCCCCCCCCCCCCCCCCCC. The largest absolute Gasteiger partial charge is 0.462 e. The van der Waals surface area contributed by atoms with E-state index in [1.54, 1.807) is 0 Å². The molecule has 0 saturated heterocycles. The Morgan fingerprint density at radius 1 is 0.256 bits per heavy atom.